The molecule has 7 nitrogen and oxygen atoms in total. The highest BCUT2D eigenvalue weighted by atomic mass is 127. The summed E-state index contributed by atoms with van der Waals surface area (Å²) in [6, 6.07) is 18.9. The van der Waals surface area contributed by atoms with Gasteiger partial charge in [-0.1, -0.05) is 61.3 Å². The van der Waals surface area contributed by atoms with Gasteiger partial charge in [0.25, 0.3) is 10.0 Å². The Labute approximate surface area is 253 Å². The predicted molar refractivity (Wildman–Crippen MR) is 165 cm³/mol. The molecular formula is C28H30Cl2IN3O4S. The van der Waals surface area contributed by atoms with E-state index in [1.54, 1.807) is 67.6 Å². The monoisotopic (exact) mass is 701 g/mol. The molecular weight excluding hydrogens is 672 g/mol. The quantitative estimate of drug-likeness (QED) is 0.231. The molecule has 0 aliphatic carbocycles. The summed E-state index contributed by atoms with van der Waals surface area (Å²) >= 11 is 14.6. The van der Waals surface area contributed by atoms with Crippen molar-refractivity contribution in [2.75, 3.05) is 17.4 Å². The minimum Gasteiger partial charge on any atom is -0.354 e. The fourth-order valence-corrected chi connectivity index (χ4v) is 6.24. The highest BCUT2D eigenvalue weighted by molar-refractivity contribution is 14.1. The third-order valence-corrected chi connectivity index (χ3v) is 9.11. The smallest absolute Gasteiger partial charge is 0.264 e. The van der Waals surface area contributed by atoms with Crippen LogP contribution in [0.4, 0.5) is 5.69 Å². The molecule has 2 amide bonds. The maximum atomic E-state index is 14.0. The molecule has 0 bridgehead atoms. The first-order valence-electron chi connectivity index (χ1n) is 12.4. The van der Waals surface area contributed by atoms with Crippen LogP contribution in [0.5, 0.6) is 0 Å². The number of carbonyl (C=O) groups excluding carboxylic acids is 2. The van der Waals surface area contributed by atoms with E-state index in [1.807, 2.05) is 6.92 Å². The van der Waals surface area contributed by atoms with Gasteiger partial charge in [0, 0.05) is 26.7 Å². The van der Waals surface area contributed by atoms with Gasteiger partial charge in [0.05, 0.1) is 10.6 Å². The van der Waals surface area contributed by atoms with Gasteiger partial charge >= 0.3 is 0 Å². The zero-order valence-corrected chi connectivity index (χ0v) is 26.1. The van der Waals surface area contributed by atoms with Crippen molar-refractivity contribution in [1.29, 1.82) is 0 Å². The molecule has 208 valence electrons. The lowest BCUT2D eigenvalue weighted by Crippen LogP contribution is -2.52. The van der Waals surface area contributed by atoms with Gasteiger partial charge in [0.15, 0.2) is 0 Å². The molecule has 3 rings (SSSR count). The lowest BCUT2D eigenvalue weighted by atomic mass is 10.1. The Morgan fingerprint density at radius 3 is 2.23 bits per heavy atom. The van der Waals surface area contributed by atoms with Crippen LogP contribution in [0.15, 0.2) is 77.7 Å². The summed E-state index contributed by atoms with van der Waals surface area (Å²) in [6.07, 6.45) is 1.05. The van der Waals surface area contributed by atoms with Gasteiger partial charge in [0.2, 0.25) is 11.8 Å². The topological polar surface area (TPSA) is 86.8 Å². The van der Waals surface area contributed by atoms with E-state index in [4.69, 9.17) is 23.2 Å². The largest absolute Gasteiger partial charge is 0.354 e. The number of benzene rings is 3. The summed E-state index contributed by atoms with van der Waals surface area (Å²) in [7, 11) is -4.11. The molecule has 39 heavy (non-hydrogen) atoms. The van der Waals surface area contributed by atoms with E-state index >= 15 is 0 Å². The van der Waals surface area contributed by atoms with Crippen molar-refractivity contribution in [3.8, 4) is 0 Å². The third kappa shape index (κ3) is 8.09. The van der Waals surface area contributed by atoms with Crippen molar-refractivity contribution in [1.82, 2.24) is 10.2 Å². The van der Waals surface area contributed by atoms with Crippen LogP contribution in [0.1, 0.15) is 32.3 Å². The molecule has 11 heteroatoms. The van der Waals surface area contributed by atoms with Crippen molar-refractivity contribution in [3.05, 3.63) is 92.0 Å². The van der Waals surface area contributed by atoms with Crippen LogP contribution >= 0.6 is 45.8 Å². The lowest BCUT2D eigenvalue weighted by molar-refractivity contribution is -0.140. The average Bonchev–Trinajstić information content (AvgIpc) is 2.92. The molecule has 0 spiro atoms. The maximum absolute atomic E-state index is 14.0. The van der Waals surface area contributed by atoms with Crippen molar-refractivity contribution in [2.24, 2.45) is 0 Å². The van der Waals surface area contributed by atoms with Crippen molar-refractivity contribution >= 4 is 73.3 Å². The molecule has 0 saturated heterocycles. The van der Waals surface area contributed by atoms with Gasteiger partial charge in [-0.05, 0) is 89.5 Å². The minimum atomic E-state index is -4.11. The second-order valence-electron chi connectivity index (χ2n) is 8.77. The first-order chi connectivity index (χ1) is 18.6. The SMILES string of the molecule is CCCNC(=O)[C@@H](CC)N(Cc1ccc(Cl)cc1Cl)C(=O)CN(c1ccc(I)cc1)S(=O)(=O)c1ccccc1. The standard InChI is InChI=1S/C28H30Cl2IN3O4S/c1-3-16-32-28(36)26(4-2)33(18-20-10-11-21(29)17-25(20)30)27(35)19-34(23-14-12-22(31)13-15-23)39(37,38)24-8-6-5-7-9-24/h5-15,17,26H,3-4,16,18-19H2,1-2H3,(H,32,36)/t26-/m1/s1. The molecule has 0 aromatic heterocycles. The summed E-state index contributed by atoms with van der Waals surface area (Å²) < 4.78 is 29.5. The van der Waals surface area contributed by atoms with E-state index in [0.717, 1.165) is 14.3 Å². The second-order valence-corrected chi connectivity index (χ2v) is 12.7. The van der Waals surface area contributed by atoms with Crippen molar-refractivity contribution in [2.45, 2.75) is 44.2 Å². The summed E-state index contributed by atoms with van der Waals surface area (Å²) in [6.45, 7) is 3.68. The number of carbonyl (C=O) groups is 2. The Bertz CT molecular complexity index is 1390. The summed E-state index contributed by atoms with van der Waals surface area (Å²) in [5.41, 5.74) is 0.920. The van der Waals surface area contributed by atoms with Gasteiger partial charge in [-0.15, -0.1) is 0 Å². The molecule has 0 unspecified atom stereocenters. The molecule has 0 aliphatic heterocycles. The number of sulfonamides is 1. The van der Waals surface area contributed by atoms with Crippen LogP contribution in [0, 0.1) is 3.57 Å². The van der Waals surface area contributed by atoms with Gasteiger partial charge in [-0.2, -0.15) is 0 Å². The number of amides is 2. The number of hydrogen-bond acceptors (Lipinski definition) is 4. The molecule has 1 atom stereocenters. The number of rotatable bonds is 12. The van der Waals surface area contributed by atoms with Crippen molar-refractivity contribution in [3.63, 3.8) is 0 Å². The molecule has 0 radical (unpaired) electrons. The van der Waals surface area contributed by atoms with Crippen LogP contribution in [-0.4, -0.2) is 44.3 Å². The Kier molecular flexibility index (Phi) is 11.5. The molecule has 0 aliphatic rings. The number of anilines is 1. The normalized spacial score (nSPS) is 12.0. The van der Waals surface area contributed by atoms with E-state index in [-0.39, 0.29) is 17.3 Å². The first-order valence-corrected chi connectivity index (χ1v) is 15.7. The van der Waals surface area contributed by atoms with Gasteiger partial charge in [-0.3, -0.25) is 13.9 Å². The van der Waals surface area contributed by atoms with Crippen molar-refractivity contribution < 1.29 is 18.0 Å². The minimum absolute atomic E-state index is 0.00119. The number of hydrogen-bond donors (Lipinski definition) is 1. The Hall–Kier alpha value is -2.34. The van der Waals surface area contributed by atoms with E-state index in [1.165, 1.54) is 17.0 Å². The Morgan fingerprint density at radius 2 is 1.64 bits per heavy atom. The molecule has 3 aromatic rings. The number of nitrogens with zero attached hydrogens (tertiary/aromatic N) is 2. The Balaban J connectivity index is 2.05. The summed E-state index contributed by atoms with van der Waals surface area (Å²) in [5.74, 6) is -0.859. The zero-order chi connectivity index (χ0) is 28.6. The number of halogens is 3. The first kappa shape index (κ1) is 31.2. The predicted octanol–water partition coefficient (Wildman–Crippen LogP) is 6.13. The average molecular weight is 702 g/mol. The summed E-state index contributed by atoms with van der Waals surface area (Å²) in [4.78, 5) is 28.6. The maximum Gasteiger partial charge on any atom is 0.264 e. The highest BCUT2D eigenvalue weighted by Crippen LogP contribution is 2.27. The van der Waals surface area contributed by atoms with Crippen LogP contribution < -0.4 is 9.62 Å². The highest BCUT2D eigenvalue weighted by Gasteiger charge is 2.33. The van der Waals surface area contributed by atoms with Crippen LogP contribution in [0.2, 0.25) is 10.0 Å². The van der Waals surface area contributed by atoms with Gasteiger partial charge in [-0.25, -0.2) is 8.42 Å². The third-order valence-electron chi connectivity index (χ3n) is 6.02. The van der Waals surface area contributed by atoms with E-state index in [9.17, 15) is 18.0 Å². The molecule has 1 N–H and O–H groups in total. The number of nitrogens with one attached hydrogen (secondary N) is 1. The second kappa shape index (κ2) is 14.3. The van der Waals surface area contributed by atoms with Gasteiger partial charge < -0.3 is 10.2 Å². The van der Waals surface area contributed by atoms with E-state index in [0.29, 0.717) is 34.3 Å². The Morgan fingerprint density at radius 1 is 0.974 bits per heavy atom. The molecule has 0 saturated carbocycles. The van der Waals surface area contributed by atoms with Crippen LogP contribution in [0.3, 0.4) is 0 Å². The fraction of sp³-hybridized carbons (Fsp3) is 0.286. The lowest BCUT2D eigenvalue weighted by Gasteiger charge is -2.33. The molecule has 0 fully saturated rings. The van der Waals surface area contributed by atoms with Crippen LogP contribution in [-0.2, 0) is 26.2 Å². The fourth-order valence-electron chi connectivity index (χ4n) is 3.97. The van der Waals surface area contributed by atoms with E-state index in [2.05, 4.69) is 27.9 Å². The van der Waals surface area contributed by atoms with Crippen LogP contribution in [0.25, 0.3) is 0 Å². The molecule has 3 aromatic carbocycles. The molecule has 0 heterocycles. The van der Waals surface area contributed by atoms with E-state index < -0.39 is 28.5 Å². The van der Waals surface area contributed by atoms with Gasteiger partial charge in [0.1, 0.15) is 12.6 Å². The zero-order valence-electron chi connectivity index (χ0n) is 21.6. The summed E-state index contributed by atoms with van der Waals surface area (Å²) in [5, 5.41) is 3.64.